The monoisotopic (exact) mass is 258 g/mol. The third-order valence-electron chi connectivity index (χ3n) is 2.95. The molecule has 0 fully saturated rings. The second-order valence-corrected chi connectivity index (χ2v) is 4.25. The first-order valence-corrected chi connectivity index (χ1v) is 6.11. The van der Waals surface area contributed by atoms with Crippen molar-refractivity contribution in [2.75, 3.05) is 7.11 Å². The number of Topliss-reactive ketones (excluding diaryl/α,β-unsaturated/α-hetero) is 1. The summed E-state index contributed by atoms with van der Waals surface area (Å²) in [6, 6.07) is 13.7. The summed E-state index contributed by atoms with van der Waals surface area (Å²) in [7, 11) is 1.47. The quantitative estimate of drug-likeness (QED) is 0.765. The summed E-state index contributed by atoms with van der Waals surface area (Å²) in [6.45, 7) is 0. The van der Waals surface area contributed by atoms with Crippen LogP contribution in [0.2, 0.25) is 0 Å². The van der Waals surface area contributed by atoms with Crippen LogP contribution in [0, 0.1) is 5.82 Å². The summed E-state index contributed by atoms with van der Waals surface area (Å²) in [5.74, 6) is -0.122. The van der Waals surface area contributed by atoms with E-state index >= 15 is 0 Å². The molecule has 0 aliphatic rings. The number of carbonyl (C=O) groups is 1. The fourth-order valence-electron chi connectivity index (χ4n) is 1.94. The van der Waals surface area contributed by atoms with E-state index in [1.54, 1.807) is 0 Å². The molecule has 0 spiro atoms. The molecular weight excluding hydrogens is 243 g/mol. The van der Waals surface area contributed by atoms with Crippen molar-refractivity contribution in [3.63, 3.8) is 0 Å². The smallest absolute Gasteiger partial charge is 0.167 e. The van der Waals surface area contributed by atoms with Gasteiger partial charge in [0.05, 0.1) is 12.7 Å². The topological polar surface area (TPSA) is 26.3 Å². The molecule has 2 aromatic rings. The van der Waals surface area contributed by atoms with Crippen molar-refractivity contribution < 1.29 is 13.9 Å². The van der Waals surface area contributed by atoms with Gasteiger partial charge in [-0.3, -0.25) is 4.79 Å². The minimum Gasteiger partial charge on any atom is -0.496 e. The Morgan fingerprint density at radius 2 is 1.89 bits per heavy atom. The predicted octanol–water partition coefficient (Wildman–Crippen LogP) is 3.65. The number of ether oxygens (including phenoxy) is 1. The third-order valence-corrected chi connectivity index (χ3v) is 2.95. The maximum Gasteiger partial charge on any atom is 0.167 e. The van der Waals surface area contributed by atoms with E-state index in [1.165, 1.54) is 25.3 Å². The third kappa shape index (κ3) is 3.41. The van der Waals surface area contributed by atoms with Gasteiger partial charge >= 0.3 is 0 Å². The summed E-state index contributed by atoms with van der Waals surface area (Å²) in [4.78, 5) is 12.1. The highest BCUT2D eigenvalue weighted by atomic mass is 19.1. The van der Waals surface area contributed by atoms with Gasteiger partial charge in [0, 0.05) is 6.42 Å². The van der Waals surface area contributed by atoms with Crippen LogP contribution >= 0.6 is 0 Å². The van der Waals surface area contributed by atoms with Gasteiger partial charge in [0.25, 0.3) is 0 Å². The van der Waals surface area contributed by atoms with Crippen molar-refractivity contribution >= 4 is 5.78 Å². The second-order valence-electron chi connectivity index (χ2n) is 4.25. The number of aryl methyl sites for hydroxylation is 1. The molecule has 0 heterocycles. The van der Waals surface area contributed by atoms with E-state index in [1.807, 2.05) is 30.3 Å². The van der Waals surface area contributed by atoms with Gasteiger partial charge in [-0.1, -0.05) is 30.3 Å². The molecule has 98 valence electrons. The van der Waals surface area contributed by atoms with Crippen molar-refractivity contribution in [3.8, 4) is 5.75 Å². The largest absolute Gasteiger partial charge is 0.496 e. The number of hydrogen-bond acceptors (Lipinski definition) is 2. The lowest BCUT2D eigenvalue weighted by Crippen LogP contribution is -2.04. The zero-order valence-corrected chi connectivity index (χ0v) is 10.7. The Labute approximate surface area is 111 Å². The van der Waals surface area contributed by atoms with Gasteiger partial charge in [-0.2, -0.15) is 0 Å². The fourth-order valence-corrected chi connectivity index (χ4v) is 1.94. The van der Waals surface area contributed by atoms with E-state index in [0.717, 1.165) is 5.56 Å². The molecule has 2 rings (SSSR count). The SMILES string of the molecule is COc1ccc(F)cc1C(=O)CCc1ccccc1. The highest BCUT2D eigenvalue weighted by Crippen LogP contribution is 2.21. The Bertz CT molecular complexity index is 564. The average molecular weight is 258 g/mol. The summed E-state index contributed by atoms with van der Waals surface area (Å²) in [5.41, 5.74) is 1.39. The van der Waals surface area contributed by atoms with Crippen molar-refractivity contribution in [2.45, 2.75) is 12.8 Å². The molecule has 0 N–H and O–H groups in total. The minimum atomic E-state index is -0.427. The van der Waals surface area contributed by atoms with Crippen molar-refractivity contribution in [1.29, 1.82) is 0 Å². The second kappa shape index (κ2) is 6.14. The molecule has 3 heteroatoms. The van der Waals surface area contributed by atoms with E-state index in [-0.39, 0.29) is 5.78 Å². The highest BCUT2D eigenvalue weighted by Gasteiger charge is 2.13. The Morgan fingerprint density at radius 1 is 1.16 bits per heavy atom. The van der Waals surface area contributed by atoms with E-state index in [0.29, 0.717) is 24.2 Å². The maximum absolute atomic E-state index is 13.2. The van der Waals surface area contributed by atoms with Crippen LogP contribution in [-0.4, -0.2) is 12.9 Å². The van der Waals surface area contributed by atoms with E-state index in [9.17, 15) is 9.18 Å². The van der Waals surface area contributed by atoms with Crippen LogP contribution in [0.25, 0.3) is 0 Å². The molecule has 0 unspecified atom stereocenters. The van der Waals surface area contributed by atoms with Crippen LogP contribution in [-0.2, 0) is 6.42 Å². The molecule has 0 amide bonds. The molecule has 2 nitrogen and oxygen atoms in total. The summed E-state index contributed by atoms with van der Waals surface area (Å²) in [5, 5.41) is 0. The summed E-state index contributed by atoms with van der Waals surface area (Å²) >= 11 is 0. The maximum atomic E-state index is 13.2. The lowest BCUT2D eigenvalue weighted by Gasteiger charge is -2.07. The van der Waals surface area contributed by atoms with E-state index in [2.05, 4.69) is 0 Å². The van der Waals surface area contributed by atoms with Crippen LogP contribution in [0.15, 0.2) is 48.5 Å². The molecule has 0 atom stereocenters. The standard InChI is InChI=1S/C16H15FO2/c1-19-16-10-8-13(17)11-14(16)15(18)9-7-12-5-3-2-4-6-12/h2-6,8,10-11H,7,9H2,1H3. The molecule has 0 saturated heterocycles. The lowest BCUT2D eigenvalue weighted by molar-refractivity contribution is 0.0979. The molecule has 0 aliphatic carbocycles. The predicted molar refractivity (Wildman–Crippen MR) is 72.0 cm³/mol. The van der Waals surface area contributed by atoms with Gasteiger partial charge < -0.3 is 4.74 Å². The van der Waals surface area contributed by atoms with Crippen molar-refractivity contribution in [1.82, 2.24) is 0 Å². The van der Waals surface area contributed by atoms with Gasteiger partial charge in [-0.05, 0) is 30.2 Å². The molecule has 0 radical (unpaired) electrons. The molecule has 0 saturated carbocycles. The van der Waals surface area contributed by atoms with E-state index < -0.39 is 5.82 Å². The first kappa shape index (κ1) is 13.3. The number of ketones is 1. The number of methoxy groups -OCH3 is 1. The van der Waals surface area contributed by atoms with Crippen LogP contribution in [0.1, 0.15) is 22.3 Å². The summed E-state index contributed by atoms with van der Waals surface area (Å²) in [6.07, 6.45) is 0.975. The Morgan fingerprint density at radius 3 is 2.58 bits per heavy atom. The van der Waals surface area contributed by atoms with Crippen molar-refractivity contribution in [2.24, 2.45) is 0 Å². The highest BCUT2D eigenvalue weighted by molar-refractivity contribution is 5.98. The number of halogens is 1. The number of benzene rings is 2. The molecule has 0 aromatic heterocycles. The molecule has 19 heavy (non-hydrogen) atoms. The van der Waals surface area contributed by atoms with Crippen LogP contribution in [0.3, 0.4) is 0 Å². The molecule has 0 bridgehead atoms. The van der Waals surface area contributed by atoms with Gasteiger partial charge in [-0.25, -0.2) is 4.39 Å². The zero-order chi connectivity index (χ0) is 13.7. The zero-order valence-electron chi connectivity index (χ0n) is 10.7. The first-order chi connectivity index (χ1) is 9.20. The normalized spacial score (nSPS) is 10.2. The van der Waals surface area contributed by atoms with Gasteiger partial charge in [-0.15, -0.1) is 0 Å². The number of rotatable bonds is 5. The van der Waals surface area contributed by atoms with Gasteiger partial charge in [0.1, 0.15) is 11.6 Å². The fraction of sp³-hybridized carbons (Fsp3) is 0.188. The minimum absolute atomic E-state index is 0.111. The lowest BCUT2D eigenvalue weighted by atomic mass is 10.0. The van der Waals surface area contributed by atoms with Crippen LogP contribution in [0.4, 0.5) is 4.39 Å². The Kier molecular flexibility index (Phi) is 4.29. The Hall–Kier alpha value is -2.16. The van der Waals surface area contributed by atoms with Gasteiger partial charge in [0.15, 0.2) is 5.78 Å². The molecule has 0 aliphatic heterocycles. The average Bonchev–Trinajstić information content (AvgIpc) is 2.46. The Balaban J connectivity index is 2.10. The summed E-state index contributed by atoms with van der Waals surface area (Å²) < 4.78 is 18.3. The van der Waals surface area contributed by atoms with Crippen LogP contribution < -0.4 is 4.74 Å². The van der Waals surface area contributed by atoms with Crippen molar-refractivity contribution in [3.05, 3.63) is 65.5 Å². The molecule has 2 aromatic carbocycles. The number of carbonyl (C=O) groups excluding carboxylic acids is 1. The first-order valence-electron chi connectivity index (χ1n) is 6.11. The number of hydrogen-bond donors (Lipinski definition) is 0. The van der Waals surface area contributed by atoms with Gasteiger partial charge in [0.2, 0.25) is 0 Å². The van der Waals surface area contributed by atoms with E-state index in [4.69, 9.17) is 4.74 Å². The molecular formula is C16H15FO2. The van der Waals surface area contributed by atoms with Crippen LogP contribution in [0.5, 0.6) is 5.75 Å².